The number of carbonyl (C=O) groups excluding carboxylic acids is 1. The molecular formula is C8H12N4O3. The number of aliphatic carboxylic acids is 1. The van der Waals surface area contributed by atoms with Crippen LogP contribution in [0.5, 0.6) is 0 Å². The van der Waals surface area contributed by atoms with Gasteiger partial charge in [-0.25, -0.2) is 9.48 Å². The number of carbonyl (C=O) groups is 2. The molecule has 0 aliphatic carbocycles. The summed E-state index contributed by atoms with van der Waals surface area (Å²) in [4.78, 5) is 23.3. The minimum atomic E-state index is -1.04. The topological polar surface area (TPSA) is 88.3 Å². The van der Waals surface area contributed by atoms with Crippen LogP contribution in [0.1, 0.15) is 6.92 Å². The Morgan fingerprint density at radius 3 is 2.73 bits per heavy atom. The van der Waals surface area contributed by atoms with E-state index in [2.05, 4.69) is 10.3 Å². The van der Waals surface area contributed by atoms with Gasteiger partial charge in [0.05, 0.1) is 6.20 Å². The van der Waals surface area contributed by atoms with Gasteiger partial charge in [-0.1, -0.05) is 5.21 Å². The monoisotopic (exact) mass is 212 g/mol. The van der Waals surface area contributed by atoms with Crippen LogP contribution >= 0.6 is 0 Å². The van der Waals surface area contributed by atoms with Crippen molar-refractivity contribution < 1.29 is 14.7 Å². The van der Waals surface area contributed by atoms with E-state index in [0.717, 1.165) is 4.90 Å². The fourth-order valence-corrected chi connectivity index (χ4v) is 0.949. The molecule has 1 heterocycles. The second-order valence-corrected chi connectivity index (χ2v) is 3.12. The van der Waals surface area contributed by atoms with Crippen molar-refractivity contribution in [2.75, 3.05) is 7.05 Å². The number of carboxylic acid groups (broad SMARTS) is 1. The van der Waals surface area contributed by atoms with Crippen LogP contribution in [0.3, 0.4) is 0 Å². The summed E-state index contributed by atoms with van der Waals surface area (Å²) in [6, 6.07) is -0.846. The molecule has 7 heteroatoms. The van der Waals surface area contributed by atoms with Crippen LogP contribution in [0.4, 0.5) is 0 Å². The third-order valence-corrected chi connectivity index (χ3v) is 2.10. The van der Waals surface area contributed by atoms with E-state index in [9.17, 15) is 9.59 Å². The van der Waals surface area contributed by atoms with E-state index in [0.29, 0.717) is 0 Å². The van der Waals surface area contributed by atoms with Crippen molar-refractivity contribution >= 4 is 11.9 Å². The highest BCUT2D eigenvalue weighted by Crippen LogP contribution is 1.98. The predicted octanol–water partition coefficient (Wildman–Crippen LogP) is -0.790. The molecule has 0 aliphatic rings. The summed E-state index contributed by atoms with van der Waals surface area (Å²) < 4.78 is 1.34. The van der Waals surface area contributed by atoms with Gasteiger partial charge in [0.25, 0.3) is 0 Å². The second-order valence-electron chi connectivity index (χ2n) is 3.12. The summed E-state index contributed by atoms with van der Waals surface area (Å²) in [7, 11) is 1.44. The van der Waals surface area contributed by atoms with Crippen molar-refractivity contribution in [3.05, 3.63) is 12.4 Å². The minimum Gasteiger partial charge on any atom is -0.480 e. The Hall–Kier alpha value is -1.92. The van der Waals surface area contributed by atoms with E-state index in [1.54, 1.807) is 0 Å². The molecule has 1 aromatic heterocycles. The van der Waals surface area contributed by atoms with Gasteiger partial charge in [-0.2, -0.15) is 0 Å². The van der Waals surface area contributed by atoms with Crippen LogP contribution in [-0.2, 0) is 16.1 Å². The van der Waals surface area contributed by atoms with Gasteiger partial charge in [0.2, 0.25) is 5.91 Å². The van der Waals surface area contributed by atoms with Gasteiger partial charge in [0.1, 0.15) is 12.6 Å². The van der Waals surface area contributed by atoms with Crippen LogP contribution in [0.2, 0.25) is 0 Å². The molecule has 0 bridgehead atoms. The first kappa shape index (κ1) is 11.2. The van der Waals surface area contributed by atoms with Gasteiger partial charge in [-0.3, -0.25) is 4.79 Å². The number of amides is 1. The molecule has 0 saturated heterocycles. The average Bonchev–Trinajstić information content (AvgIpc) is 2.67. The molecule has 1 unspecified atom stereocenters. The fourth-order valence-electron chi connectivity index (χ4n) is 0.949. The summed E-state index contributed by atoms with van der Waals surface area (Å²) in [6.45, 7) is 1.44. The molecule has 0 aromatic carbocycles. The van der Waals surface area contributed by atoms with Crippen LogP contribution in [0.25, 0.3) is 0 Å². The molecule has 7 nitrogen and oxygen atoms in total. The molecular weight excluding hydrogens is 200 g/mol. The molecule has 1 rings (SSSR count). The van der Waals surface area contributed by atoms with E-state index in [1.165, 1.54) is 31.0 Å². The van der Waals surface area contributed by atoms with E-state index in [4.69, 9.17) is 5.11 Å². The fraction of sp³-hybridized carbons (Fsp3) is 0.500. The lowest BCUT2D eigenvalue weighted by Gasteiger charge is -2.21. The average molecular weight is 212 g/mol. The normalized spacial score (nSPS) is 12.1. The molecule has 0 fully saturated rings. The van der Waals surface area contributed by atoms with Crippen LogP contribution < -0.4 is 0 Å². The molecule has 15 heavy (non-hydrogen) atoms. The molecule has 1 amide bonds. The standard InChI is InChI=1S/C8H12N4O3/c1-6(8(14)15)11(2)7(13)5-12-4-3-9-10-12/h3-4,6H,5H2,1-2H3,(H,14,15). The first-order valence-electron chi connectivity index (χ1n) is 4.35. The first-order valence-corrected chi connectivity index (χ1v) is 4.35. The summed E-state index contributed by atoms with van der Waals surface area (Å²) in [6.07, 6.45) is 2.99. The lowest BCUT2D eigenvalue weighted by atomic mass is 10.3. The van der Waals surface area contributed by atoms with Gasteiger partial charge in [0, 0.05) is 13.2 Å². The Labute approximate surface area is 86.3 Å². The van der Waals surface area contributed by atoms with Crippen molar-refractivity contribution in [3.8, 4) is 0 Å². The zero-order valence-corrected chi connectivity index (χ0v) is 8.49. The van der Waals surface area contributed by atoms with Crippen molar-refractivity contribution in [2.45, 2.75) is 19.5 Å². The highest BCUT2D eigenvalue weighted by molar-refractivity contribution is 5.82. The number of hydrogen-bond acceptors (Lipinski definition) is 4. The maximum atomic E-state index is 11.5. The summed E-state index contributed by atoms with van der Waals surface area (Å²) in [5, 5.41) is 15.9. The summed E-state index contributed by atoms with van der Waals surface area (Å²) in [5.74, 6) is -1.36. The highest BCUT2D eigenvalue weighted by Gasteiger charge is 2.21. The molecule has 1 N–H and O–H groups in total. The molecule has 1 aromatic rings. The van der Waals surface area contributed by atoms with E-state index in [1.807, 2.05) is 0 Å². The Morgan fingerprint density at radius 1 is 1.60 bits per heavy atom. The van der Waals surface area contributed by atoms with Gasteiger partial charge < -0.3 is 10.0 Å². The molecule has 0 spiro atoms. The number of likely N-dealkylation sites (N-methyl/N-ethyl adjacent to an activating group) is 1. The van der Waals surface area contributed by atoms with Crippen LogP contribution in [-0.4, -0.2) is 50.0 Å². The third-order valence-electron chi connectivity index (χ3n) is 2.10. The molecule has 0 aliphatic heterocycles. The largest absolute Gasteiger partial charge is 0.480 e. The SMILES string of the molecule is CC(C(=O)O)N(C)C(=O)Cn1ccnn1. The Morgan fingerprint density at radius 2 is 2.27 bits per heavy atom. The second kappa shape index (κ2) is 4.54. The molecule has 82 valence electrons. The lowest BCUT2D eigenvalue weighted by Crippen LogP contribution is -2.41. The minimum absolute atomic E-state index is 0.00583. The number of hydrogen-bond donors (Lipinski definition) is 1. The predicted molar refractivity (Wildman–Crippen MR) is 49.9 cm³/mol. The highest BCUT2D eigenvalue weighted by atomic mass is 16.4. The van der Waals surface area contributed by atoms with Crippen molar-refractivity contribution in [2.24, 2.45) is 0 Å². The maximum Gasteiger partial charge on any atom is 0.326 e. The Kier molecular flexibility index (Phi) is 3.37. The molecule has 0 radical (unpaired) electrons. The zero-order chi connectivity index (χ0) is 11.4. The van der Waals surface area contributed by atoms with Gasteiger partial charge in [-0.05, 0) is 6.92 Å². The van der Waals surface area contributed by atoms with Crippen LogP contribution in [0, 0.1) is 0 Å². The van der Waals surface area contributed by atoms with Gasteiger partial charge in [0.15, 0.2) is 0 Å². The van der Waals surface area contributed by atoms with Crippen molar-refractivity contribution in [1.29, 1.82) is 0 Å². The smallest absolute Gasteiger partial charge is 0.326 e. The number of carboxylic acids is 1. The number of rotatable bonds is 4. The number of aromatic nitrogens is 3. The third kappa shape index (κ3) is 2.76. The van der Waals surface area contributed by atoms with Gasteiger partial charge >= 0.3 is 5.97 Å². The van der Waals surface area contributed by atoms with E-state index in [-0.39, 0.29) is 12.5 Å². The summed E-state index contributed by atoms with van der Waals surface area (Å²) in [5.41, 5.74) is 0. The maximum absolute atomic E-state index is 11.5. The molecule has 0 saturated carbocycles. The summed E-state index contributed by atoms with van der Waals surface area (Å²) >= 11 is 0. The number of nitrogens with zero attached hydrogens (tertiary/aromatic N) is 4. The van der Waals surface area contributed by atoms with Crippen molar-refractivity contribution in [3.63, 3.8) is 0 Å². The lowest BCUT2D eigenvalue weighted by molar-refractivity contribution is -0.148. The zero-order valence-electron chi connectivity index (χ0n) is 8.49. The van der Waals surface area contributed by atoms with Gasteiger partial charge in [-0.15, -0.1) is 5.10 Å². The Balaban J connectivity index is 2.57. The first-order chi connectivity index (χ1) is 7.02. The quantitative estimate of drug-likeness (QED) is 0.706. The van der Waals surface area contributed by atoms with Crippen LogP contribution in [0.15, 0.2) is 12.4 Å². The van der Waals surface area contributed by atoms with E-state index >= 15 is 0 Å². The molecule has 1 atom stereocenters. The van der Waals surface area contributed by atoms with Crippen molar-refractivity contribution in [1.82, 2.24) is 19.9 Å². The Bertz CT molecular complexity index is 349. The van der Waals surface area contributed by atoms with E-state index < -0.39 is 12.0 Å².